The zero-order valence-corrected chi connectivity index (χ0v) is 17.2. The molecule has 2 aromatic rings. The summed E-state index contributed by atoms with van der Waals surface area (Å²) in [5, 5.41) is 24.7. The summed E-state index contributed by atoms with van der Waals surface area (Å²) in [5.41, 5.74) is 4.93. The van der Waals surface area contributed by atoms with Gasteiger partial charge in [0.2, 0.25) is 6.35 Å². The van der Waals surface area contributed by atoms with E-state index in [9.17, 15) is 14.7 Å². The Balaban J connectivity index is 1.54. The minimum absolute atomic E-state index is 0.176. The maximum absolute atomic E-state index is 12.4. The highest BCUT2D eigenvalue weighted by atomic mass is 16.4. The molecule has 1 amide bonds. The molecule has 0 bridgehead atoms. The average Bonchev–Trinajstić information content (AvgIpc) is 2.72. The highest BCUT2D eigenvalue weighted by Crippen LogP contribution is 2.36. The van der Waals surface area contributed by atoms with E-state index in [0.29, 0.717) is 31.2 Å². The second-order valence-corrected chi connectivity index (χ2v) is 7.52. The van der Waals surface area contributed by atoms with Crippen molar-refractivity contribution >= 4 is 34.8 Å². The van der Waals surface area contributed by atoms with E-state index in [2.05, 4.69) is 20.6 Å². The Bertz CT molecular complexity index is 1120. The number of rotatable bonds is 6. The molecule has 0 unspecified atom stereocenters. The van der Waals surface area contributed by atoms with Crippen molar-refractivity contribution in [1.29, 1.82) is 0 Å². The van der Waals surface area contributed by atoms with Gasteiger partial charge in [-0.15, -0.1) is 0 Å². The van der Waals surface area contributed by atoms with Crippen molar-refractivity contribution in [3.05, 3.63) is 58.7 Å². The van der Waals surface area contributed by atoms with Gasteiger partial charge in [-0.2, -0.15) is 0 Å². The number of carboxylic acids is 1. The van der Waals surface area contributed by atoms with Crippen LogP contribution in [0.4, 0.5) is 11.4 Å². The molecule has 2 aliphatic heterocycles. The van der Waals surface area contributed by atoms with Gasteiger partial charge in [0.05, 0.1) is 16.9 Å². The first-order valence-corrected chi connectivity index (χ1v) is 9.91. The number of aromatic carboxylic acids is 1. The number of carbonyl (C=O) groups excluding carboxylic acids is 1. The van der Waals surface area contributed by atoms with Gasteiger partial charge in [-0.05, 0) is 54.8 Å². The number of amides is 1. The number of aliphatic imine (C=N–C) groups is 2. The lowest BCUT2D eigenvalue weighted by Gasteiger charge is -2.34. The lowest BCUT2D eigenvalue weighted by atomic mass is 10.0. The molecule has 0 aliphatic carbocycles. The quantitative estimate of drug-likeness (QED) is 0.524. The van der Waals surface area contributed by atoms with Crippen LogP contribution < -0.4 is 15.5 Å². The molecule has 2 heterocycles. The maximum Gasteiger partial charge on any atom is 0.335 e. The number of fused-ring (bicyclic) bond motifs is 2. The zero-order chi connectivity index (χ0) is 22.1. The van der Waals surface area contributed by atoms with Crippen LogP contribution in [-0.2, 0) is 11.3 Å². The molecule has 0 saturated heterocycles. The second kappa shape index (κ2) is 8.29. The van der Waals surface area contributed by atoms with Gasteiger partial charge in [-0.3, -0.25) is 4.79 Å². The SMILES string of the molecule is Cc1cc2c(cc1C)N(CCNCc1cccc(C(=O)O)c1)C1=N[C@H](O)NC(=O)C1=N2. The number of aliphatic hydroxyl groups excluding tert-OH is 1. The number of aliphatic hydroxyl groups is 1. The van der Waals surface area contributed by atoms with Gasteiger partial charge in [0.1, 0.15) is 0 Å². The topological polar surface area (TPSA) is 127 Å². The molecule has 0 saturated carbocycles. The summed E-state index contributed by atoms with van der Waals surface area (Å²) in [6, 6.07) is 10.7. The molecule has 2 aliphatic rings. The van der Waals surface area contributed by atoms with Gasteiger partial charge >= 0.3 is 5.97 Å². The average molecular weight is 421 g/mol. The van der Waals surface area contributed by atoms with Gasteiger partial charge in [0, 0.05) is 19.6 Å². The summed E-state index contributed by atoms with van der Waals surface area (Å²) >= 11 is 0. The Labute approximate surface area is 179 Å². The van der Waals surface area contributed by atoms with E-state index >= 15 is 0 Å². The molecule has 160 valence electrons. The third kappa shape index (κ3) is 4.18. The van der Waals surface area contributed by atoms with Gasteiger partial charge < -0.3 is 25.7 Å². The van der Waals surface area contributed by atoms with E-state index in [0.717, 1.165) is 22.4 Å². The molecule has 9 nitrogen and oxygen atoms in total. The Hall–Kier alpha value is -3.56. The zero-order valence-electron chi connectivity index (χ0n) is 17.2. The normalized spacial score (nSPS) is 17.3. The standard InChI is InChI=1S/C22H23N5O4/c1-12-8-16-17(9-13(12)2)27(19-18(24-16)20(28)26-22(31)25-19)7-6-23-11-14-4-3-5-15(10-14)21(29)30/h3-5,8-10,22-23,31H,6-7,11H2,1-2H3,(H,26,28)(H,29,30)/t22-/m0/s1. The van der Waals surface area contributed by atoms with Crippen LogP contribution in [0.25, 0.3) is 0 Å². The van der Waals surface area contributed by atoms with Crippen LogP contribution in [0.5, 0.6) is 0 Å². The maximum atomic E-state index is 12.4. The minimum Gasteiger partial charge on any atom is -0.478 e. The van der Waals surface area contributed by atoms with Crippen LogP contribution in [0.2, 0.25) is 0 Å². The lowest BCUT2D eigenvalue weighted by Crippen LogP contribution is -2.54. The minimum atomic E-state index is -1.32. The van der Waals surface area contributed by atoms with Crippen molar-refractivity contribution in [2.24, 2.45) is 9.98 Å². The van der Waals surface area contributed by atoms with Crippen LogP contribution in [0, 0.1) is 13.8 Å². The summed E-state index contributed by atoms with van der Waals surface area (Å²) < 4.78 is 0. The van der Waals surface area contributed by atoms with Crippen molar-refractivity contribution in [1.82, 2.24) is 10.6 Å². The van der Waals surface area contributed by atoms with E-state index in [4.69, 9.17) is 5.11 Å². The lowest BCUT2D eigenvalue weighted by molar-refractivity contribution is -0.117. The highest BCUT2D eigenvalue weighted by Gasteiger charge is 2.35. The summed E-state index contributed by atoms with van der Waals surface area (Å²) in [4.78, 5) is 34.1. The fourth-order valence-corrected chi connectivity index (χ4v) is 3.58. The number of hydrogen-bond acceptors (Lipinski definition) is 7. The molecule has 0 spiro atoms. The summed E-state index contributed by atoms with van der Waals surface area (Å²) in [7, 11) is 0. The Morgan fingerprint density at radius 1 is 1.23 bits per heavy atom. The third-order valence-corrected chi connectivity index (χ3v) is 5.32. The summed E-state index contributed by atoms with van der Waals surface area (Å²) in [5.74, 6) is -1.09. The predicted molar refractivity (Wildman–Crippen MR) is 117 cm³/mol. The predicted octanol–water partition coefficient (Wildman–Crippen LogP) is 1.49. The number of aryl methyl sites for hydroxylation is 2. The highest BCUT2D eigenvalue weighted by molar-refractivity contribution is 6.70. The molecule has 0 radical (unpaired) electrons. The van der Waals surface area contributed by atoms with Crippen LogP contribution in [0.15, 0.2) is 46.4 Å². The molecular formula is C22H23N5O4. The van der Waals surface area contributed by atoms with E-state index in [1.807, 2.05) is 36.9 Å². The first kappa shape index (κ1) is 20.7. The van der Waals surface area contributed by atoms with E-state index in [1.54, 1.807) is 18.2 Å². The monoisotopic (exact) mass is 421 g/mol. The first-order chi connectivity index (χ1) is 14.8. The molecular weight excluding hydrogens is 398 g/mol. The molecule has 0 aromatic heterocycles. The summed E-state index contributed by atoms with van der Waals surface area (Å²) in [6.07, 6.45) is -1.32. The van der Waals surface area contributed by atoms with E-state index in [1.165, 1.54) is 0 Å². The number of carbonyl (C=O) groups is 2. The van der Waals surface area contributed by atoms with E-state index in [-0.39, 0.29) is 11.3 Å². The smallest absolute Gasteiger partial charge is 0.335 e. The fraction of sp³-hybridized carbons (Fsp3) is 0.273. The van der Waals surface area contributed by atoms with Crippen molar-refractivity contribution in [2.45, 2.75) is 26.7 Å². The van der Waals surface area contributed by atoms with Gasteiger partial charge in [0.15, 0.2) is 11.5 Å². The molecule has 31 heavy (non-hydrogen) atoms. The van der Waals surface area contributed by atoms with Crippen molar-refractivity contribution in [2.75, 3.05) is 18.0 Å². The molecule has 2 aromatic carbocycles. The molecule has 4 N–H and O–H groups in total. The molecule has 0 fully saturated rings. The molecule has 4 rings (SSSR count). The first-order valence-electron chi connectivity index (χ1n) is 9.91. The molecule has 1 atom stereocenters. The van der Waals surface area contributed by atoms with Crippen molar-refractivity contribution < 1.29 is 19.8 Å². The molecule has 9 heteroatoms. The number of hydrogen-bond donors (Lipinski definition) is 4. The van der Waals surface area contributed by atoms with Crippen LogP contribution in [-0.4, -0.2) is 53.1 Å². The van der Waals surface area contributed by atoms with Crippen LogP contribution >= 0.6 is 0 Å². The van der Waals surface area contributed by atoms with Gasteiger partial charge in [0.25, 0.3) is 5.91 Å². The van der Waals surface area contributed by atoms with Crippen molar-refractivity contribution in [3.8, 4) is 0 Å². The van der Waals surface area contributed by atoms with E-state index < -0.39 is 18.2 Å². The largest absolute Gasteiger partial charge is 0.478 e. The third-order valence-electron chi connectivity index (χ3n) is 5.32. The van der Waals surface area contributed by atoms with Crippen LogP contribution in [0.3, 0.4) is 0 Å². The van der Waals surface area contributed by atoms with Crippen molar-refractivity contribution in [3.63, 3.8) is 0 Å². The Kier molecular flexibility index (Phi) is 5.53. The number of carboxylic acid groups (broad SMARTS) is 1. The summed E-state index contributed by atoms with van der Waals surface area (Å²) in [6.45, 7) is 5.50. The Morgan fingerprint density at radius 3 is 2.77 bits per heavy atom. The number of nitrogens with one attached hydrogen (secondary N) is 2. The number of amidine groups is 1. The number of nitrogens with zero attached hydrogens (tertiary/aromatic N) is 3. The van der Waals surface area contributed by atoms with Gasteiger partial charge in [-0.1, -0.05) is 12.1 Å². The number of benzene rings is 2. The van der Waals surface area contributed by atoms with Gasteiger partial charge in [-0.25, -0.2) is 14.8 Å². The second-order valence-electron chi connectivity index (χ2n) is 7.52. The fourth-order valence-electron chi connectivity index (χ4n) is 3.58. The number of anilines is 1. The van der Waals surface area contributed by atoms with Crippen LogP contribution in [0.1, 0.15) is 27.0 Å². The Morgan fingerprint density at radius 2 is 2.00 bits per heavy atom.